The number of ether oxygens (including phenoxy) is 1. The summed E-state index contributed by atoms with van der Waals surface area (Å²) >= 11 is 5.99. The molecule has 0 aliphatic rings. The minimum Gasteiger partial charge on any atom is -0.494 e. The van der Waals surface area contributed by atoms with Crippen molar-refractivity contribution in [2.75, 3.05) is 7.11 Å². The summed E-state index contributed by atoms with van der Waals surface area (Å²) in [5.41, 5.74) is 0.838. The number of fused-ring (bicyclic) bond motifs is 1. The fraction of sp³-hybridized carbons (Fsp3) is 0.0833. The molecule has 19 heavy (non-hydrogen) atoms. The molecule has 0 saturated carbocycles. The summed E-state index contributed by atoms with van der Waals surface area (Å²) in [6, 6.07) is 5.16. The molecule has 6 nitrogen and oxygen atoms in total. The predicted octanol–water partition coefficient (Wildman–Crippen LogP) is 1.77. The average molecular weight is 277 g/mol. The molecule has 2 heterocycles. The van der Waals surface area contributed by atoms with E-state index in [2.05, 4.69) is 15.1 Å². The summed E-state index contributed by atoms with van der Waals surface area (Å²) < 4.78 is 6.79. The molecule has 2 aromatic heterocycles. The van der Waals surface area contributed by atoms with Crippen molar-refractivity contribution in [2.45, 2.75) is 0 Å². The van der Waals surface area contributed by atoms with Crippen LogP contribution >= 0.6 is 11.6 Å². The molecule has 0 radical (unpaired) electrons. The van der Waals surface area contributed by atoms with E-state index in [-0.39, 0.29) is 5.56 Å². The number of halogens is 1. The second kappa shape index (κ2) is 4.40. The first kappa shape index (κ1) is 11.7. The van der Waals surface area contributed by atoms with Gasteiger partial charge in [-0.25, -0.2) is 9.67 Å². The van der Waals surface area contributed by atoms with Crippen LogP contribution in [0.1, 0.15) is 0 Å². The minimum atomic E-state index is -0.239. The van der Waals surface area contributed by atoms with Crippen molar-refractivity contribution in [1.82, 2.24) is 19.7 Å². The highest BCUT2D eigenvalue weighted by Gasteiger charge is 2.13. The van der Waals surface area contributed by atoms with Gasteiger partial charge < -0.3 is 9.72 Å². The topological polar surface area (TPSA) is 72.8 Å². The lowest BCUT2D eigenvalue weighted by molar-refractivity contribution is 0.412. The van der Waals surface area contributed by atoms with Gasteiger partial charge in [0.05, 0.1) is 19.6 Å². The van der Waals surface area contributed by atoms with Gasteiger partial charge in [-0.15, -0.1) is 0 Å². The molecule has 0 atom stereocenters. The van der Waals surface area contributed by atoms with Gasteiger partial charge in [-0.3, -0.25) is 4.79 Å². The molecule has 3 aromatic rings. The van der Waals surface area contributed by atoms with Gasteiger partial charge in [-0.2, -0.15) is 5.10 Å². The maximum Gasteiger partial charge on any atom is 0.261 e. The predicted molar refractivity (Wildman–Crippen MR) is 71.0 cm³/mol. The van der Waals surface area contributed by atoms with E-state index in [0.29, 0.717) is 27.5 Å². The van der Waals surface area contributed by atoms with Crippen molar-refractivity contribution in [3.63, 3.8) is 0 Å². The molecule has 0 aliphatic carbocycles. The SMILES string of the molecule is COc1ccc(Cl)cc1-n1ncc2c(=O)[nH]cnc21. The quantitative estimate of drug-likeness (QED) is 0.774. The van der Waals surface area contributed by atoms with Gasteiger partial charge in [0.25, 0.3) is 5.56 Å². The molecular formula is C12H9ClN4O2. The largest absolute Gasteiger partial charge is 0.494 e. The molecule has 3 rings (SSSR count). The maximum absolute atomic E-state index is 11.6. The Labute approximate surface area is 112 Å². The van der Waals surface area contributed by atoms with Gasteiger partial charge in [0, 0.05) is 5.02 Å². The summed E-state index contributed by atoms with van der Waals surface area (Å²) in [6.07, 6.45) is 2.79. The third-order valence-corrected chi connectivity index (χ3v) is 2.98. The first-order chi connectivity index (χ1) is 9.20. The van der Waals surface area contributed by atoms with E-state index in [1.54, 1.807) is 25.3 Å². The van der Waals surface area contributed by atoms with E-state index in [4.69, 9.17) is 16.3 Å². The molecule has 0 bridgehead atoms. The van der Waals surface area contributed by atoms with Crippen molar-refractivity contribution in [3.8, 4) is 11.4 Å². The number of nitrogens with one attached hydrogen (secondary N) is 1. The van der Waals surface area contributed by atoms with Crippen LogP contribution in [0, 0.1) is 0 Å². The smallest absolute Gasteiger partial charge is 0.261 e. The van der Waals surface area contributed by atoms with Crippen LogP contribution in [-0.4, -0.2) is 26.9 Å². The summed E-state index contributed by atoms with van der Waals surface area (Å²) in [7, 11) is 1.55. The van der Waals surface area contributed by atoms with Crippen molar-refractivity contribution in [1.29, 1.82) is 0 Å². The van der Waals surface area contributed by atoms with Crippen LogP contribution in [0.15, 0.2) is 35.5 Å². The van der Waals surface area contributed by atoms with Gasteiger partial charge in [0.2, 0.25) is 0 Å². The number of benzene rings is 1. The van der Waals surface area contributed by atoms with Gasteiger partial charge in [-0.1, -0.05) is 11.6 Å². The number of H-pyrrole nitrogens is 1. The van der Waals surface area contributed by atoms with E-state index >= 15 is 0 Å². The second-order valence-electron chi connectivity index (χ2n) is 3.84. The van der Waals surface area contributed by atoms with E-state index in [1.165, 1.54) is 17.2 Å². The standard InChI is InChI=1S/C12H9ClN4O2/c1-19-10-3-2-7(13)4-9(10)17-11-8(5-16-17)12(18)15-6-14-11/h2-6H,1H3,(H,14,15,18). The Balaban J connectivity index is 2.33. The molecule has 0 amide bonds. The van der Waals surface area contributed by atoms with Crippen molar-refractivity contribution in [2.24, 2.45) is 0 Å². The lowest BCUT2D eigenvalue weighted by atomic mass is 10.3. The van der Waals surface area contributed by atoms with Crippen LogP contribution in [-0.2, 0) is 0 Å². The number of aromatic nitrogens is 4. The van der Waals surface area contributed by atoms with Crippen molar-refractivity contribution in [3.05, 3.63) is 46.1 Å². The first-order valence-corrected chi connectivity index (χ1v) is 5.84. The summed E-state index contributed by atoms with van der Waals surface area (Å²) in [5, 5.41) is 5.12. The highest BCUT2D eigenvalue weighted by atomic mass is 35.5. The Kier molecular flexibility index (Phi) is 2.72. The number of nitrogens with zero attached hydrogens (tertiary/aromatic N) is 3. The summed E-state index contributed by atoms with van der Waals surface area (Å²) in [5.74, 6) is 0.594. The number of hydrogen-bond donors (Lipinski definition) is 1. The molecule has 1 aromatic carbocycles. The highest BCUT2D eigenvalue weighted by Crippen LogP contribution is 2.27. The van der Waals surface area contributed by atoms with E-state index < -0.39 is 0 Å². The zero-order valence-electron chi connectivity index (χ0n) is 9.92. The van der Waals surface area contributed by atoms with Crippen LogP contribution < -0.4 is 10.3 Å². The first-order valence-electron chi connectivity index (χ1n) is 5.46. The van der Waals surface area contributed by atoms with Gasteiger partial charge >= 0.3 is 0 Å². The number of hydrogen-bond acceptors (Lipinski definition) is 4. The molecule has 0 saturated heterocycles. The highest BCUT2D eigenvalue weighted by molar-refractivity contribution is 6.30. The van der Waals surface area contributed by atoms with Gasteiger partial charge in [0.1, 0.15) is 16.8 Å². The molecule has 1 N–H and O–H groups in total. The van der Waals surface area contributed by atoms with Crippen LogP contribution in [0.2, 0.25) is 5.02 Å². The third-order valence-electron chi connectivity index (χ3n) is 2.74. The molecule has 96 valence electrons. The Morgan fingerprint density at radius 2 is 2.26 bits per heavy atom. The Hall–Kier alpha value is -2.34. The molecule has 0 aliphatic heterocycles. The van der Waals surface area contributed by atoms with Crippen molar-refractivity contribution < 1.29 is 4.74 Å². The van der Waals surface area contributed by atoms with Crippen LogP contribution in [0.5, 0.6) is 5.75 Å². The fourth-order valence-electron chi connectivity index (χ4n) is 1.86. The summed E-state index contributed by atoms with van der Waals surface area (Å²) in [4.78, 5) is 18.3. The minimum absolute atomic E-state index is 0.239. The average Bonchev–Trinajstić information content (AvgIpc) is 2.84. The number of aromatic amines is 1. The molecule has 7 heteroatoms. The maximum atomic E-state index is 11.6. The molecule has 0 unspecified atom stereocenters. The Morgan fingerprint density at radius 3 is 3.05 bits per heavy atom. The van der Waals surface area contributed by atoms with Crippen molar-refractivity contribution >= 4 is 22.6 Å². The van der Waals surface area contributed by atoms with Crippen LogP contribution in [0.4, 0.5) is 0 Å². The third kappa shape index (κ3) is 1.86. The zero-order valence-corrected chi connectivity index (χ0v) is 10.7. The lowest BCUT2D eigenvalue weighted by Crippen LogP contribution is -2.07. The van der Waals surface area contributed by atoms with Crippen LogP contribution in [0.25, 0.3) is 16.7 Å². The Morgan fingerprint density at radius 1 is 1.42 bits per heavy atom. The zero-order chi connectivity index (χ0) is 13.4. The van der Waals surface area contributed by atoms with E-state index in [9.17, 15) is 4.79 Å². The molecule has 0 fully saturated rings. The number of methoxy groups -OCH3 is 1. The van der Waals surface area contributed by atoms with E-state index in [0.717, 1.165) is 0 Å². The van der Waals surface area contributed by atoms with Gasteiger partial charge in [-0.05, 0) is 18.2 Å². The molecule has 0 spiro atoms. The number of rotatable bonds is 2. The Bertz CT molecular complexity index is 809. The normalized spacial score (nSPS) is 10.8. The monoisotopic (exact) mass is 276 g/mol. The summed E-state index contributed by atoms with van der Waals surface area (Å²) in [6.45, 7) is 0. The fourth-order valence-corrected chi connectivity index (χ4v) is 2.03. The van der Waals surface area contributed by atoms with Gasteiger partial charge in [0.15, 0.2) is 5.65 Å². The second-order valence-corrected chi connectivity index (χ2v) is 4.28. The van der Waals surface area contributed by atoms with E-state index in [1.807, 2.05) is 0 Å². The van der Waals surface area contributed by atoms with Crippen LogP contribution in [0.3, 0.4) is 0 Å². The molecular weight excluding hydrogens is 268 g/mol. The lowest BCUT2D eigenvalue weighted by Gasteiger charge is -2.09.